The van der Waals surface area contributed by atoms with E-state index in [4.69, 9.17) is 9.15 Å². The second-order valence-electron chi connectivity index (χ2n) is 6.59. The van der Waals surface area contributed by atoms with Crippen LogP contribution in [0.2, 0.25) is 0 Å². The molecule has 0 bridgehead atoms. The van der Waals surface area contributed by atoms with Crippen LogP contribution in [0.15, 0.2) is 47.1 Å². The lowest BCUT2D eigenvalue weighted by Crippen LogP contribution is -2.20. The van der Waals surface area contributed by atoms with Gasteiger partial charge in [0.25, 0.3) is 0 Å². The van der Waals surface area contributed by atoms with Crippen molar-refractivity contribution in [1.82, 2.24) is 15.0 Å². The van der Waals surface area contributed by atoms with Crippen LogP contribution in [0.5, 0.6) is 5.75 Å². The molecule has 2 aromatic heterocycles. The summed E-state index contributed by atoms with van der Waals surface area (Å²) in [5.41, 5.74) is 1.15. The summed E-state index contributed by atoms with van der Waals surface area (Å²) >= 11 is 0. The standard InChI is InChI=1S/C20H22N4O2/c1-14-21-8-6-19(23-14)24-9-7-16(13-24)20-22-12-18(26-20)11-15-4-3-5-17(10-15)25-2/h3-6,8,10,12,16H,7,9,11,13H2,1-2H3/t16-/m1/s1. The van der Waals surface area contributed by atoms with E-state index in [-0.39, 0.29) is 0 Å². The van der Waals surface area contributed by atoms with Gasteiger partial charge in [0.05, 0.1) is 19.2 Å². The first kappa shape index (κ1) is 16.6. The number of nitrogens with zero attached hydrogens (tertiary/aromatic N) is 4. The van der Waals surface area contributed by atoms with Crippen LogP contribution >= 0.6 is 0 Å². The maximum Gasteiger partial charge on any atom is 0.199 e. The van der Waals surface area contributed by atoms with E-state index in [0.717, 1.165) is 54.1 Å². The number of anilines is 1. The summed E-state index contributed by atoms with van der Waals surface area (Å²) in [6.07, 6.45) is 5.38. The van der Waals surface area contributed by atoms with Crippen molar-refractivity contribution in [3.8, 4) is 5.75 Å². The Kier molecular flexibility index (Phi) is 4.56. The molecule has 1 aliphatic heterocycles. The van der Waals surface area contributed by atoms with Crippen molar-refractivity contribution >= 4 is 5.82 Å². The van der Waals surface area contributed by atoms with Crippen molar-refractivity contribution in [2.75, 3.05) is 25.1 Å². The van der Waals surface area contributed by atoms with Gasteiger partial charge in [-0.3, -0.25) is 0 Å². The Bertz CT molecular complexity index is 893. The zero-order valence-electron chi connectivity index (χ0n) is 15.1. The maximum atomic E-state index is 6.04. The molecule has 0 radical (unpaired) electrons. The third-order valence-corrected chi connectivity index (χ3v) is 4.71. The van der Waals surface area contributed by atoms with E-state index in [1.54, 1.807) is 7.11 Å². The molecule has 0 N–H and O–H groups in total. The van der Waals surface area contributed by atoms with E-state index in [2.05, 4.69) is 25.9 Å². The fourth-order valence-electron chi connectivity index (χ4n) is 3.37. The van der Waals surface area contributed by atoms with Crippen LogP contribution in [-0.2, 0) is 6.42 Å². The zero-order valence-corrected chi connectivity index (χ0v) is 15.1. The largest absolute Gasteiger partial charge is 0.497 e. The average molecular weight is 350 g/mol. The number of benzene rings is 1. The highest BCUT2D eigenvalue weighted by molar-refractivity contribution is 5.39. The van der Waals surface area contributed by atoms with Crippen LogP contribution < -0.4 is 9.64 Å². The molecule has 0 saturated carbocycles. The molecule has 134 valence electrons. The molecule has 1 atom stereocenters. The second kappa shape index (κ2) is 7.15. The van der Waals surface area contributed by atoms with E-state index >= 15 is 0 Å². The lowest BCUT2D eigenvalue weighted by atomic mass is 10.1. The van der Waals surface area contributed by atoms with Crippen LogP contribution in [0.1, 0.15) is 35.4 Å². The topological polar surface area (TPSA) is 64.3 Å². The fourth-order valence-corrected chi connectivity index (χ4v) is 3.37. The second-order valence-corrected chi connectivity index (χ2v) is 6.59. The molecule has 0 spiro atoms. The summed E-state index contributed by atoms with van der Waals surface area (Å²) < 4.78 is 11.3. The van der Waals surface area contributed by atoms with Crippen LogP contribution in [-0.4, -0.2) is 35.2 Å². The molecule has 6 nitrogen and oxygen atoms in total. The summed E-state index contributed by atoms with van der Waals surface area (Å²) in [5.74, 6) is 4.62. The minimum Gasteiger partial charge on any atom is -0.497 e. The van der Waals surface area contributed by atoms with Crippen LogP contribution in [0.4, 0.5) is 5.82 Å². The van der Waals surface area contributed by atoms with Gasteiger partial charge < -0.3 is 14.1 Å². The smallest absolute Gasteiger partial charge is 0.199 e. The summed E-state index contributed by atoms with van der Waals surface area (Å²) in [4.78, 5) is 15.5. The Morgan fingerprint density at radius 1 is 1.27 bits per heavy atom. The number of aryl methyl sites for hydroxylation is 1. The van der Waals surface area contributed by atoms with Crippen molar-refractivity contribution < 1.29 is 9.15 Å². The predicted octanol–water partition coefficient (Wildman–Crippen LogP) is 3.37. The van der Waals surface area contributed by atoms with E-state index in [1.807, 2.05) is 43.6 Å². The van der Waals surface area contributed by atoms with Crippen molar-refractivity contribution in [2.24, 2.45) is 0 Å². The Morgan fingerprint density at radius 3 is 3.04 bits per heavy atom. The van der Waals surface area contributed by atoms with Crippen LogP contribution in [0, 0.1) is 6.92 Å². The summed E-state index contributed by atoms with van der Waals surface area (Å²) in [6.45, 7) is 3.74. The molecule has 1 saturated heterocycles. The average Bonchev–Trinajstić information content (AvgIpc) is 3.31. The number of hydrogen-bond acceptors (Lipinski definition) is 6. The summed E-state index contributed by atoms with van der Waals surface area (Å²) in [6, 6.07) is 9.98. The first-order valence-corrected chi connectivity index (χ1v) is 8.83. The molecule has 1 aliphatic rings. The van der Waals surface area contributed by atoms with E-state index < -0.39 is 0 Å². The maximum absolute atomic E-state index is 6.04. The van der Waals surface area contributed by atoms with Gasteiger partial charge in [-0.05, 0) is 37.1 Å². The molecule has 1 fully saturated rings. The lowest BCUT2D eigenvalue weighted by Gasteiger charge is -2.16. The van der Waals surface area contributed by atoms with E-state index in [0.29, 0.717) is 12.3 Å². The molecule has 4 rings (SSSR count). The molecule has 3 aromatic rings. The van der Waals surface area contributed by atoms with Crippen molar-refractivity contribution in [3.05, 3.63) is 65.8 Å². The third-order valence-electron chi connectivity index (χ3n) is 4.71. The fraction of sp³-hybridized carbons (Fsp3) is 0.350. The van der Waals surface area contributed by atoms with Gasteiger partial charge in [-0.15, -0.1) is 0 Å². The van der Waals surface area contributed by atoms with Gasteiger partial charge in [-0.25, -0.2) is 15.0 Å². The SMILES string of the molecule is COc1cccc(Cc2cnc([C@@H]3CCN(c4ccnc(C)n4)C3)o2)c1. The highest BCUT2D eigenvalue weighted by Crippen LogP contribution is 2.30. The Balaban J connectivity index is 1.43. The van der Waals surface area contributed by atoms with Gasteiger partial charge in [0.15, 0.2) is 5.89 Å². The Labute approximate surface area is 152 Å². The molecule has 0 amide bonds. The molecule has 1 aromatic carbocycles. The number of ether oxygens (including phenoxy) is 1. The van der Waals surface area contributed by atoms with Crippen LogP contribution in [0.25, 0.3) is 0 Å². The van der Waals surface area contributed by atoms with Crippen molar-refractivity contribution in [3.63, 3.8) is 0 Å². The summed E-state index contributed by atoms with van der Waals surface area (Å²) in [7, 11) is 1.68. The lowest BCUT2D eigenvalue weighted by molar-refractivity contribution is 0.413. The molecular formula is C20H22N4O2. The van der Waals surface area contributed by atoms with Gasteiger partial charge in [0.1, 0.15) is 23.2 Å². The number of rotatable bonds is 5. The van der Waals surface area contributed by atoms with Gasteiger partial charge >= 0.3 is 0 Å². The van der Waals surface area contributed by atoms with Crippen molar-refractivity contribution in [2.45, 2.75) is 25.7 Å². The molecule has 3 heterocycles. The number of methoxy groups -OCH3 is 1. The quantitative estimate of drug-likeness (QED) is 0.703. The van der Waals surface area contributed by atoms with Crippen LogP contribution in [0.3, 0.4) is 0 Å². The van der Waals surface area contributed by atoms with Gasteiger partial charge in [-0.2, -0.15) is 0 Å². The van der Waals surface area contributed by atoms with E-state index in [1.165, 1.54) is 0 Å². The third kappa shape index (κ3) is 3.54. The van der Waals surface area contributed by atoms with Crippen molar-refractivity contribution in [1.29, 1.82) is 0 Å². The van der Waals surface area contributed by atoms with Gasteiger partial charge in [-0.1, -0.05) is 12.1 Å². The number of hydrogen-bond donors (Lipinski definition) is 0. The minimum atomic E-state index is 0.296. The highest BCUT2D eigenvalue weighted by atomic mass is 16.5. The summed E-state index contributed by atoms with van der Waals surface area (Å²) in [5, 5.41) is 0. The Hall–Kier alpha value is -2.89. The molecule has 0 aliphatic carbocycles. The van der Waals surface area contributed by atoms with Gasteiger partial charge in [0.2, 0.25) is 0 Å². The first-order valence-electron chi connectivity index (χ1n) is 8.83. The first-order chi connectivity index (χ1) is 12.7. The zero-order chi connectivity index (χ0) is 17.9. The number of aromatic nitrogens is 3. The monoisotopic (exact) mass is 350 g/mol. The predicted molar refractivity (Wildman–Crippen MR) is 98.6 cm³/mol. The molecule has 26 heavy (non-hydrogen) atoms. The molecular weight excluding hydrogens is 328 g/mol. The Morgan fingerprint density at radius 2 is 2.19 bits per heavy atom. The molecule has 0 unspecified atom stereocenters. The highest BCUT2D eigenvalue weighted by Gasteiger charge is 2.28. The van der Waals surface area contributed by atoms with Gasteiger partial charge in [0, 0.05) is 25.7 Å². The molecule has 6 heteroatoms. The van der Waals surface area contributed by atoms with E-state index in [9.17, 15) is 0 Å². The minimum absolute atomic E-state index is 0.296. The normalized spacial score (nSPS) is 16.8. The number of oxazole rings is 1.